The summed E-state index contributed by atoms with van der Waals surface area (Å²) in [4.78, 5) is 2.39. The van der Waals surface area contributed by atoms with Crippen molar-refractivity contribution >= 4 is 11.6 Å². The fraction of sp³-hybridized carbons (Fsp3) is 0.625. The van der Waals surface area contributed by atoms with Gasteiger partial charge < -0.3 is 10.2 Å². The number of hydrogen-bond acceptors (Lipinski definition) is 2. The third-order valence-electron chi connectivity index (χ3n) is 4.14. The van der Waals surface area contributed by atoms with E-state index in [4.69, 9.17) is 11.6 Å². The van der Waals surface area contributed by atoms with Crippen LogP contribution in [0.15, 0.2) is 18.2 Å². The van der Waals surface area contributed by atoms with Gasteiger partial charge in [-0.3, -0.25) is 0 Å². The van der Waals surface area contributed by atoms with Crippen molar-refractivity contribution in [3.63, 3.8) is 0 Å². The fourth-order valence-corrected chi connectivity index (χ4v) is 2.86. The Balaban J connectivity index is 1.77. The van der Waals surface area contributed by atoms with E-state index < -0.39 is 0 Å². The summed E-state index contributed by atoms with van der Waals surface area (Å²) in [5.74, 6) is 0. The number of benzene rings is 1. The highest BCUT2D eigenvalue weighted by Gasteiger charge is 2.21. The molecule has 1 unspecified atom stereocenters. The zero-order chi connectivity index (χ0) is 13.8. The Kier molecular flexibility index (Phi) is 5.26. The molecule has 0 amide bonds. The lowest BCUT2D eigenvalue weighted by Gasteiger charge is -2.21. The molecule has 2 rings (SSSR count). The SMILES string of the molecule is CC(C)N(C)CCCNC1CCc2cc(Cl)ccc21. The molecule has 106 valence electrons. The number of nitrogens with zero attached hydrogens (tertiary/aromatic N) is 1. The van der Waals surface area contributed by atoms with E-state index in [1.165, 1.54) is 24.0 Å². The Labute approximate surface area is 122 Å². The maximum atomic E-state index is 6.04. The van der Waals surface area contributed by atoms with E-state index in [0.717, 1.165) is 24.5 Å². The number of aryl methyl sites for hydroxylation is 1. The first-order chi connectivity index (χ1) is 9.08. The van der Waals surface area contributed by atoms with Crippen LogP contribution < -0.4 is 5.32 Å². The van der Waals surface area contributed by atoms with Crippen LogP contribution in [0.5, 0.6) is 0 Å². The van der Waals surface area contributed by atoms with Crippen LogP contribution in [-0.4, -0.2) is 31.1 Å². The zero-order valence-corrected chi connectivity index (χ0v) is 13.0. The van der Waals surface area contributed by atoms with E-state index in [0.29, 0.717) is 12.1 Å². The van der Waals surface area contributed by atoms with Crippen molar-refractivity contribution in [1.82, 2.24) is 10.2 Å². The Morgan fingerprint density at radius 2 is 2.21 bits per heavy atom. The van der Waals surface area contributed by atoms with Crippen molar-refractivity contribution in [1.29, 1.82) is 0 Å². The smallest absolute Gasteiger partial charge is 0.0408 e. The topological polar surface area (TPSA) is 15.3 Å². The average Bonchev–Trinajstić information content (AvgIpc) is 2.76. The number of hydrogen-bond donors (Lipinski definition) is 1. The number of nitrogens with one attached hydrogen (secondary N) is 1. The monoisotopic (exact) mass is 280 g/mol. The minimum Gasteiger partial charge on any atom is -0.310 e. The van der Waals surface area contributed by atoms with Gasteiger partial charge in [0.25, 0.3) is 0 Å². The van der Waals surface area contributed by atoms with Crippen LogP contribution in [0.25, 0.3) is 0 Å². The summed E-state index contributed by atoms with van der Waals surface area (Å²) in [5.41, 5.74) is 2.87. The molecule has 0 saturated heterocycles. The molecule has 0 spiro atoms. The van der Waals surface area contributed by atoms with E-state index in [2.05, 4.69) is 43.2 Å². The molecule has 19 heavy (non-hydrogen) atoms. The summed E-state index contributed by atoms with van der Waals surface area (Å²) < 4.78 is 0. The molecule has 0 aromatic heterocycles. The summed E-state index contributed by atoms with van der Waals surface area (Å²) in [7, 11) is 2.19. The highest BCUT2D eigenvalue weighted by Crippen LogP contribution is 2.32. The van der Waals surface area contributed by atoms with Gasteiger partial charge >= 0.3 is 0 Å². The minimum absolute atomic E-state index is 0.525. The Morgan fingerprint density at radius 1 is 1.42 bits per heavy atom. The van der Waals surface area contributed by atoms with Gasteiger partial charge in [0.05, 0.1) is 0 Å². The van der Waals surface area contributed by atoms with E-state index in [1.807, 2.05) is 6.07 Å². The molecule has 0 fully saturated rings. The minimum atomic E-state index is 0.525. The van der Waals surface area contributed by atoms with Crippen molar-refractivity contribution in [3.05, 3.63) is 34.3 Å². The van der Waals surface area contributed by atoms with Crippen LogP contribution in [0, 0.1) is 0 Å². The van der Waals surface area contributed by atoms with Crippen molar-refractivity contribution in [2.24, 2.45) is 0 Å². The number of fused-ring (bicyclic) bond motifs is 1. The van der Waals surface area contributed by atoms with Crippen LogP contribution in [0.4, 0.5) is 0 Å². The quantitative estimate of drug-likeness (QED) is 0.800. The zero-order valence-electron chi connectivity index (χ0n) is 12.2. The second-order valence-electron chi connectivity index (χ2n) is 5.82. The van der Waals surface area contributed by atoms with Crippen LogP contribution in [0.2, 0.25) is 5.02 Å². The molecule has 0 heterocycles. The van der Waals surface area contributed by atoms with Gasteiger partial charge in [0, 0.05) is 17.1 Å². The summed E-state index contributed by atoms with van der Waals surface area (Å²) in [6.07, 6.45) is 3.56. The van der Waals surface area contributed by atoms with Crippen LogP contribution in [0.1, 0.15) is 43.9 Å². The molecule has 3 heteroatoms. The highest BCUT2D eigenvalue weighted by atomic mass is 35.5. The Bertz CT molecular complexity index is 417. The summed E-state index contributed by atoms with van der Waals surface area (Å²) in [5, 5.41) is 4.54. The van der Waals surface area contributed by atoms with Crippen LogP contribution in [0.3, 0.4) is 0 Å². The van der Waals surface area contributed by atoms with Gasteiger partial charge in [0.1, 0.15) is 0 Å². The molecule has 0 radical (unpaired) electrons. The largest absolute Gasteiger partial charge is 0.310 e. The van der Waals surface area contributed by atoms with Gasteiger partial charge in [-0.05, 0) is 76.5 Å². The van der Waals surface area contributed by atoms with Gasteiger partial charge in [0.15, 0.2) is 0 Å². The molecular formula is C16H25ClN2. The molecule has 2 nitrogen and oxygen atoms in total. The third-order valence-corrected chi connectivity index (χ3v) is 4.38. The molecule has 1 atom stereocenters. The van der Waals surface area contributed by atoms with E-state index >= 15 is 0 Å². The van der Waals surface area contributed by atoms with E-state index in [-0.39, 0.29) is 0 Å². The lowest BCUT2D eigenvalue weighted by Crippen LogP contribution is -2.30. The van der Waals surface area contributed by atoms with Crippen molar-refractivity contribution in [2.75, 3.05) is 20.1 Å². The van der Waals surface area contributed by atoms with Crippen LogP contribution in [-0.2, 0) is 6.42 Å². The van der Waals surface area contributed by atoms with E-state index in [9.17, 15) is 0 Å². The lowest BCUT2D eigenvalue weighted by molar-refractivity contribution is 0.267. The first-order valence-electron chi connectivity index (χ1n) is 7.30. The molecule has 0 saturated carbocycles. The first kappa shape index (κ1) is 14.8. The maximum absolute atomic E-state index is 6.04. The van der Waals surface area contributed by atoms with Gasteiger partial charge in [-0.15, -0.1) is 0 Å². The Hall–Kier alpha value is -0.570. The first-order valence-corrected chi connectivity index (χ1v) is 7.67. The normalized spacial score (nSPS) is 18.3. The molecule has 0 bridgehead atoms. The number of halogens is 1. The standard InChI is InChI=1S/C16H25ClN2/c1-12(2)19(3)10-4-9-18-16-8-5-13-11-14(17)6-7-15(13)16/h6-7,11-12,16,18H,4-5,8-10H2,1-3H3. The second-order valence-corrected chi connectivity index (χ2v) is 6.25. The fourth-order valence-electron chi connectivity index (χ4n) is 2.66. The highest BCUT2D eigenvalue weighted by molar-refractivity contribution is 6.30. The maximum Gasteiger partial charge on any atom is 0.0408 e. The average molecular weight is 281 g/mol. The molecule has 1 N–H and O–H groups in total. The Morgan fingerprint density at radius 3 is 2.95 bits per heavy atom. The van der Waals surface area contributed by atoms with Gasteiger partial charge in [0.2, 0.25) is 0 Å². The predicted molar refractivity (Wildman–Crippen MR) is 82.9 cm³/mol. The molecule has 0 aliphatic heterocycles. The van der Waals surface area contributed by atoms with Crippen molar-refractivity contribution in [3.8, 4) is 0 Å². The van der Waals surface area contributed by atoms with Gasteiger partial charge in [-0.25, -0.2) is 0 Å². The summed E-state index contributed by atoms with van der Waals surface area (Å²) in [6, 6.07) is 7.46. The number of rotatable bonds is 6. The molecular weight excluding hydrogens is 256 g/mol. The third kappa shape index (κ3) is 3.95. The molecule has 1 aromatic carbocycles. The van der Waals surface area contributed by atoms with Crippen molar-refractivity contribution in [2.45, 2.75) is 45.2 Å². The second kappa shape index (κ2) is 6.74. The van der Waals surface area contributed by atoms with Crippen LogP contribution >= 0.6 is 11.6 Å². The summed E-state index contributed by atoms with van der Waals surface area (Å²) in [6.45, 7) is 6.73. The van der Waals surface area contributed by atoms with Gasteiger partial charge in [-0.1, -0.05) is 17.7 Å². The van der Waals surface area contributed by atoms with Crippen molar-refractivity contribution < 1.29 is 0 Å². The summed E-state index contributed by atoms with van der Waals surface area (Å²) >= 11 is 6.04. The molecule has 1 aliphatic carbocycles. The predicted octanol–water partition coefficient (Wildman–Crippen LogP) is 3.65. The van der Waals surface area contributed by atoms with E-state index in [1.54, 1.807) is 0 Å². The molecule has 1 aromatic rings. The van der Waals surface area contributed by atoms with Gasteiger partial charge in [-0.2, -0.15) is 0 Å². The molecule has 1 aliphatic rings. The lowest BCUT2D eigenvalue weighted by atomic mass is 10.1.